The van der Waals surface area contributed by atoms with Crippen LogP contribution in [0.2, 0.25) is 0 Å². The highest BCUT2D eigenvalue weighted by Crippen LogP contribution is 2.33. The van der Waals surface area contributed by atoms with Crippen LogP contribution < -0.4 is 0 Å². The van der Waals surface area contributed by atoms with Crippen molar-refractivity contribution in [2.24, 2.45) is 0 Å². The van der Waals surface area contributed by atoms with Crippen LogP contribution in [0.5, 0.6) is 0 Å². The average molecular weight is 466 g/mol. The molecular weight excluding hydrogens is 440 g/mol. The van der Waals surface area contributed by atoms with Gasteiger partial charge in [-0.25, -0.2) is 18.4 Å². The molecule has 34 heavy (non-hydrogen) atoms. The number of carbonyl (C=O) groups excluding carboxylic acids is 1. The molecule has 1 fully saturated rings. The van der Waals surface area contributed by atoms with E-state index in [1.54, 1.807) is 24.0 Å². The number of benzene rings is 1. The third-order valence-corrected chi connectivity index (χ3v) is 6.18. The average Bonchev–Trinajstić information content (AvgIpc) is 3.48. The smallest absolute Gasteiger partial charge is 0.264 e. The predicted octanol–water partition coefficient (Wildman–Crippen LogP) is 4.28. The minimum Gasteiger partial charge on any atom is -0.463 e. The van der Waals surface area contributed by atoms with Crippen molar-refractivity contribution in [3.63, 3.8) is 0 Å². The highest BCUT2D eigenvalue weighted by atomic mass is 19.3. The molecule has 1 aliphatic rings. The van der Waals surface area contributed by atoms with E-state index in [4.69, 9.17) is 4.42 Å². The molecule has 1 saturated heterocycles. The van der Waals surface area contributed by atoms with E-state index >= 15 is 0 Å². The van der Waals surface area contributed by atoms with Crippen molar-refractivity contribution in [2.75, 3.05) is 26.2 Å². The summed E-state index contributed by atoms with van der Waals surface area (Å²) in [6.07, 6.45) is -1.24. The number of pyridine rings is 1. The first kappa shape index (κ1) is 22.2. The number of amides is 1. The van der Waals surface area contributed by atoms with Crippen molar-refractivity contribution in [1.82, 2.24) is 24.6 Å². The van der Waals surface area contributed by atoms with Crippen molar-refractivity contribution in [3.05, 3.63) is 71.6 Å². The number of carbonyl (C=O) groups is 1. The van der Waals surface area contributed by atoms with Crippen LogP contribution >= 0.6 is 0 Å². The van der Waals surface area contributed by atoms with Gasteiger partial charge in [0.25, 0.3) is 6.43 Å². The second-order valence-electron chi connectivity index (χ2n) is 8.46. The van der Waals surface area contributed by atoms with Gasteiger partial charge >= 0.3 is 0 Å². The molecule has 4 aromatic rings. The lowest BCUT2D eigenvalue weighted by molar-refractivity contribution is -0.133. The summed E-state index contributed by atoms with van der Waals surface area (Å²) in [6, 6.07) is 14.9. The van der Waals surface area contributed by atoms with Crippen molar-refractivity contribution in [1.29, 1.82) is 0 Å². The fourth-order valence-electron chi connectivity index (χ4n) is 4.44. The summed E-state index contributed by atoms with van der Waals surface area (Å²) in [4.78, 5) is 21.7. The molecule has 0 N–H and O–H groups in total. The molecule has 0 aliphatic carbocycles. The zero-order valence-corrected chi connectivity index (χ0v) is 18.8. The van der Waals surface area contributed by atoms with Gasteiger partial charge in [-0.1, -0.05) is 30.3 Å². The van der Waals surface area contributed by atoms with Crippen molar-refractivity contribution in [3.8, 4) is 11.5 Å². The van der Waals surface area contributed by atoms with E-state index < -0.39 is 6.43 Å². The number of rotatable bonds is 6. The molecule has 7 nitrogen and oxygen atoms in total. The highest BCUT2D eigenvalue weighted by Gasteiger charge is 2.25. The molecule has 176 valence electrons. The fraction of sp³-hybridized carbons (Fsp3) is 0.320. The Morgan fingerprint density at radius 2 is 1.85 bits per heavy atom. The molecule has 0 saturated carbocycles. The van der Waals surface area contributed by atoms with Crippen LogP contribution in [0, 0.1) is 6.92 Å². The van der Waals surface area contributed by atoms with E-state index in [9.17, 15) is 13.6 Å². The Kier molecular flexibility index (Phi) is 6.10. The van der Waals surface area contributed by atoms with Crippen LogP contribution in [0.3, 0.4) is 0 Å². The monoisotopic (exact) mass is 465 g/mol. The first-order valence-corrected chi connectivity index (χ1v) is 11.2. The van der Waals surface area contributed by atoms with Crippen molar-refractivity contribution >= 4 is 16.9 Å². The SMILES string of the molecule is Cc1nn(CC(=O)N2CCN(Cc3ccccc3)CC2)c2nc(-c3ccco3)cc(C(F)F)c12. The van der Waals surface area contributed by atoms with Gasteiger partial charge in [-0.2, -0.15) is 5.10 Å². The molecule has 1 aromatic carbocycles. The van der Waals surface area contributed by atoms with Crippen LogP contribution in [-0.2, 0) is 17.9 Å². The Morgan fingerprint density at radius 3 is 2.53 bits per heavy atom. The van der Waals surface area contributed by atoms with Crippen LogP contribution in [0.1, 0.15) is 23.2 Å². The Bertz CT molecular complexity index is 1280. The second-order valence-corrected chi connectivity index (χ2v) is 8.46. The molecule has 4 heterocycles. The molecule has 1 aliphatic heterocycles. The van der Waals surface area contributed by atoms with Gasteiger partial charge in [0.05, 0.1) is 17.3 Å². The third kappa shape index (κ3) is 4.43. The Hall–Kier alpha value is -3.59. The van der Waals surface area contributed by atoms with Crippen molar-refractivity contribution in [2.45, 2.75) is 26.4 Å². The Morgan fingerprint density at radius 1 is 1.09 bits per heavy atom. The zero-order chi connectivity index (χ0) is 23.7. The summed E-state index contributed by atoms with van der Waals surface area (Å²) in [5.41, 5.74) is 2.05. The first-order chi connectivity index (χ1) is 16.5. The first-order valence-electron chi connectivity index (χ1n) is 11.2. The predicted molar refractivity (Wildman–Crippen MR) is 123 cm³/mol. The summed E-state index contributed by atoms with van der Waals surface area (Å²) < 4.78 is 34.6. The van der Waals surface area contributed by atoms with E-state index in [1.807, 2.05) is 18.2 Å². The molecule has 3 aromatic heterocycles. The summed E-state index contributed by atoms with van der Waals surface area (Å²) in [5, 5.41) is 4.68. The second kappa shape index (κ2) is 9.34. The largest absolute Gasteiger partial charge is 0.463 e. The number of hydrogen-bond acceptors (Lipinski definition) is 5. The molecule has 5 rings (SSSR count). The van der Waals surface area contributed by atoms with Gasteiger partial charge in [-0.3, -0.25) is 9.69 Å². The number of nitrogens with zero attached hydrogens (tertiary/aromatic N) is 5. The number of furan rings is 1. The zero-order valence-electron chi connectivity index (χ0n) is 18.8. The quantitative estimate of drug-likeness (QED) is 0.425. The number of hydrogen-bond donors (Lipinski definition) is 0. The fourth-order valence-corrected chi connectivity index (χ4v) is 4.44. The van der Waals surface area contributed by atoms with E-state index in [1.165, 1.54) is 22.6 Å². The maximum Gasteiger partial charge on any atom is 0.264 e. The lowest BCUT2D eigenvalue weighted by Crippen LogP contribution is -2.49. The van der Waals surface area contributed by atoms with Crippen LogP contribution in [0.15, 0.2) is 59.2 Å². The number of aryl methyl sites for hydroxylation is 1. The number of fused-ring (bicyclic) bond motifs is 1. The van der Waals surface area contributed by atoms with Crippen molar-refractivity contribution < 1.29 is 18.0 Å². The molecule has 1 amide bonds. The van der Waals surface area contributed by atoms with Crippen LogP contribution in [-0.4, -0.2) is 56.7 Å². The number of piperazine rings is 1. The normalized spacial score (nSPS) is 14.9. The van der Waals surface area contributed by atoms with Gasteiger partial charge in [0.1, 0.15) is 12.2 Å². The van der Waals surface area contributed by atoms with E-state index in [0.717, 1.165) is 19.6 Å². The van der Waals surface area contributed by atoms with Gasteiger partial charge in [0.2, 0.25) is 5.91 Å². The maximum atomic E-state index is 13.9. The van der Waals surface area contributed by atoms with Crippen LogP contribution in [0.25, 0.3) is 22.5 Å². The number of aromatic nitrogens is 3. The lowest BCUT2D eigenvalue weighted by Gasteiger charge is -2.34. The van der Waals surface area contributed by atoms with Gasteiger partial charge in [0, 0.05) is 38.3 Å². The van der Waals surface area contributed by atoms with Gasteiger partial charge in [0.15, 0.2) is 11.4 Å². The molecule has 0 spiro atoms. The molecular formula is C25H25F2N5O2. The summed E-state index contributed by atoms with van der Waals surface area (Å²) in [7, 11) is 0. The molecule has 0 bridgehead atoms. The number of alkyl halides is 2. The van der Waals surface area contributed by atoms with E-state index in [-0.39, 0.29) is 34.7 Å². The Balaban J connectivity index is 1.34. The number of halogens is 2. The molecule has 0 unspecified atom stereocenters. The maximum absolute atomic E-state index is 13.9. The highest BCUT2D eigenvalue weighted by molar-refractivity contribution is 5.86. The van der Waals surface area contributed by atoms with Gasteiger partial charge in [-0.15, -0.1) is 0 Å². The summed E-state index contributed by atoms with van der Waals surface area (Å²) >= 11 is 0. The minimum absolute atomic E-state index is 0.0552. The van der Waals surface area contributed by atoms with Gasteiger partial charge in [-0.05, 0) is 30.7 Å². The van der Waals surface area contributed by atoms with E-state index in [0.29, 0.717) is 24.5 Å². The lowest BCUT2D eigenvalue weighted by atomic mass is 10.1. The summed E-state index contributed by atoms with van der Waals surface area (Å²) in [6.45, 7) is 5.22. The van der Waals surface area contributed by atoms with E-state index in [2.05, 4.69) is 27.1 Å². The molecule has 0 atom stereocenters. The standard InChI is InChI=1S/C25H25F2N5O2/c1-17-23-19(24(26)27)14-20(21-8-5-13-34-21)28-25(23)32(29-17)16-22(33)31-11-9-30(10-12-31)15-18-6-3-2-4-7-18/h2-8,13-14,24H,9-12,15-16H2,1H3. The minimum atomic E-state index is -2.70. The molecule has 0 radical (unpaired) electrons. The Labute approximate surface area is 195 Å². The van der Waals surface area contributed by atoms with Gasteiger partial charge < -0.3 is 9.32 Å². The molecule has 9 heteroatoms. The van der Waals surface area contributed by atoms with Crippen LogP contribution in [0.4, 0.5) is 8.78 Å². The topological polar surface area (TPSA) is 67.4 Å². The summed E-state index contributed by atoms with van der Waals surface area (Å²) in [5.74, 6) is 0.280. The third-order valence-electron chi connectivity index (χ3n) is 6.18.